The highest BCUT2D eigenvalue weighted by Crippen LogP contribution is 2.33. The third-order valence-electron chi connectivity index (χ3n) is 2.38. The highest BCUT2D eigenvalue weighted by atomic mass is 79.9. The molecule has 0 fully saturated rings. The van der Waals surface area contributed by atoms with E-state index in [2.05, 4.69) is 31.9 Å². The molecule has 0 unspecified atom stereocenters. The van der Waals surface area contributed by atoms with E-state index in [9.17, 15) is 8.78 Å². The van der Waals surface area contributed by atoms with E-state index in [4.69, 9.17) is 22.7 Å². The first kappa shape index (κ1) is 15.3. The second kappa shape index (κ2) is 6.15. The zero-order valence-corrected chi connectivity index (χ0v) is 13.8. The van der Waals surface area contributed by atoms with Crippen molar-refractivity contribution in [1.82, 2.24) is 0 Å². The first-order valence-corrected chi connectivity index (χ1v) is 7.29. The lowest BCUT2D eigenvalue weighted by molar-refractivity contribution is 0.436. The van der Waals surface area contributed by atoms with E-state index in [1.165, 1.54) is 24.3 Å². The van der Waals surface area contributed by atoms with Crippen LogP contribution in [0.5, 0.6) is 11.5 Å². The van der Waals surface area contributed by atoms with Crippen molar-refractivity contribution in [3.8, 4) is 11.5 Å². The molecule has 2 nitrogen and oxygen atoms in total. The third-order valence-corrected chi connectivity index (χ3v) is 3.83. The van der Waals surface area contributed by atoms with Crippen LogP contribution in [0.2, 0.25) is 0 Å². The van der Waals surface area contributed by atoms with E-state index in [1.54, 1.807) is 0 Å². The maximum Gasteiger partial charge on any atom is 0.180 e. The number of rotatable bonds is 3. The molecule has 0 atom stereocenters. The molecule has 0 spiro atoms. The Hall–Kier alpha value is -1.05. The fourth-order valence-electron chi connectivity index (χ4n) is 1.52. The minimum absolute atomic E-state index is 0.0608. The largest absolute Gasteiger partial charge is 0.454 e. The minimum atomic E-state index is -0.657. The molecular weight excluding hydrogens is 416 g/mol. The van der Waals surface area contributed by atoms with Gasteiger partial charge in [0.2, 0.25) is 0 Å². The second-order valence-electron chi connectivity index (χ2n) is 3.81. The predicted octanol–water partition coefficient (Wildman–Crippen LogP) is 4.92. The summed E-state index contributed by atoms with van der Waals surface area (Å²) in [6.07, 6.45) is 0. The lowest BCUT2D eigenvalue weighted by atomic mass is 10.2. The molecule has 0 saturated heterocycles. The van der Waals surface area contributed by atoms with Crippen molar-refractivity contribution in [2.45, 2.75) is 0 Å². The molecule has 0 amide bonds. The van der Waals surface area contributed by atoms with Crippen LogP contribution in [0.1, 0.15) is 5.56 Å². The monoisotopic (exact) mass is 421 g/mol. The maximum atomic E-state index is 14.1. The third kappa shape index (κ3) is 3.34. The molecule has 0 aliphatic rings. The summed E-state index contributed by atoms with van der Waals surface area (Å²) in [7, 11) is 0. The fourth-order valence-corrected chi connectivity index (χ4v) is 2.80. The minimum Gasteiger partial charge on any atom is -0.454 e. The molecule has 20 heavy (non-hydrogen) atoms. The Balaban J connectivity index is 2.39. The first-order chi connectivity index (χ1) is 9.38. The van der Waals surface area contributed by atoms with Gasteiger partial charge in [-0.15, -0.1) is 0 Å². The highest BCUT2D eigenvalue weighted by Gasteiger charge is 2.15. The molecule has 0 heterocycles. The Bertz CT molecular complexity index is 674. The Morgan fingerprint density at radius 3 is 2.45 bits per heavy atom. The SMILES string of the molecule is NC(=S)c1ccc(Oc2cc(F)cc(Br)c2)c(F)c1Br. The number of nitrogens with two attached hydrogens (primary N) is 1. The van der Waals surface area contributed by atoms with Crippen molar-refractivity contribution in [3.63, 3.8) is 0 Å². The normalized spacial score (nSPS) is 10.4. The van der Waals surface area contributed by atoms with E-state index < -0.39 is 11.6 Å². The molecule has 0 aliphatic carbocycles. The van der Waals surface area contributed by atoms with Gasteiger partial charge >= 0.3 is 0 Å². The van der Waals surface area contributed by atoms with Crippen LogP contribution in [0.3, 0.4) is 0 Å². The summed E-state index contributed by atoms with van der Waals surface area (Å²) >= 11 is 11.0. The average Bonchev–Trinajstić information content (AvgIpc) is 2.33. The predicted molar refractivity (Wildman–Crippen MR) is 84.2 cm³/mol. The molecule has 0 saturated carbocycles. The number of hydrogen-bond acceptors (Lipinski definition) is 2. The molecule has 7 heteroatoms. The van der Waals surface area contributed by atoms with Crippen LogP contribution >= 0.6 is 44.1 Å². The number of benzene rings is 2. The lowest BCUT2D eigenvalue weighted by Crippen LogP contribution is -2.11. The molecule has 104 valence electrons. The second-order valence-corrected chi connectivity index (χ2v) is 5.96. The Morgan fingerprint density at radius 2 is 1.85 bits per heavy atom. The van der Waals surface area contributed by atoms with Gasteiger partial charge in [-0.05, 0) is 40.2 Å². The van der Waals surface area contributed by atoms with Crippen LogP contribution in [0.15, 0.2) is 39.3 Å². The summed E-state index contributed by atoms with van der Waals surface area (Å²) in [4.78, 5) is 0.0656. The van der Waals surface area contributed by atoms with Crippen molar-refractivity contribution in [2.75, 3.05) is 0 Å². The zero-order chi connectivity index (χ0) is 14.9. The highest BCUT2D eigenvalue weighted by molar-refractivity contribution is 9.10. The van der Waals surface area contributed by atoms with Crippen molar-refractivity contribution in [2.24, 2.45) is 5.73 Å². The number of hydrogen-bond donors (Lipinski definition) is 1. The number of thiocarbonyl (C=S) groups is 1. The van der Waals surface area contributed by atoms with Crippen LogP contribution in [-0.4, -0.2) is 4.99 Å². The summed E-state index contributed by atoms with van der Waals surface area (Å²) in [6, 6.07) is 6.86. The number of ether oxygens (including phenoxy) is 1. The van der Waals surface area contributed by atoms with Crippen LogP contribution in [-0.2, 0) is 0 Å². The summed E-state index contributed by atoms with van der Waals surface area (Å²) in [5.41, 5.74) is 5.83. The Kier molecular flexibility index (Phi) is 4.72. The van der Waals surface area contributed by atoms with E-state index >= 15 is 0 Å². The fraction of sp³-hybridized carbons (Fsp3) is 0. The van der Waals surface area contributed by atoms with Gasteiger partial charge in [0.1, 0.15) is 16.6 Å². The standard InChI is InChI=1S/C13H7Br2F2NOS/c14-6-3-7(16)5-8(4-6)19-10-2-1-9(13(18)20)11(15)12(10)17/h1-5H,(H2,18,20). The van der Waals surface area contributed by atoms with Gasteiger partial charge in [-0.3, -0.25) is 0 Å². The quantitative estimate of drug-likeness (QED) is 0.713. The average molecular weight is 423 g/mol. The molecule has 2 N–H and O–H groups in total. The Morgan fingerprint density at radius 1 is 1.15 bits per heavy atom. The van der Waals surface area contributed by atoms with Crippen LogP contribution in [0.25, 0.3) is 0 Å². The molecule has 0 radical (unpaired) electrons. The van der Waals surface area contributed by atoms with Crippen molar-refractivity contribution in [3.05, 3.63) is 56.5 Å². The molecule has 0 aromatic heterocycles. The summed E-state index contributed by atoms with van der Waals surface area (Å²) < 4.78 is 33.3. The van der Waals surface area contributed by atoms with E-state index in [1.807, 2.05) is 0 Å². The van der Waals surface area contributed by atoms with Crippen molar-refractivity contribution < 1.29 is 13.5 Å². The summed E-state index contributed by atoms with van der Waals surface area (Å²) in [6.45, 7) is 0. The molecule has 2 rings (SSSR count). The number of halogens is 4. The van der Waals surface area contributed by atoms with Gasteiger partial charge in [0.25, 0.3) is 0 Å². The van der Waals surface area contributed by atoms with E-state index in [-0.39, 0.29) is 21.0 Å². The smallest absolute Gasteiger partial charge is 0.180 e. The van der Waals surface area contributed by atoms with Crippen molar-refractivity contribution >= 4 is 49.1 Å². The topological polar surface area (TPSA) is 35.2 Å². The Labute approximate surface area is 136 Å². The molecule has 2 aromatic carbocycles. The maximum absolute atomic E-state index is 14.1. The lowest BCUT2D eigenvalue weighted by Gasteiger charge is -2.10. The molecular formula is C13H7Br2F2NOS. The van der Waals surface area contributed by atoms with Crippen LogP contribution < -0.4 is 10.5 Å². The van der Waals surface area contributed by atoms with E-state index in [0.717, 1.165) is 6.07 Å². The van der Waals surface area contributed by atoms with Gasteiger partial charge in [-0.25, -0.2) is 8.78 Å². The van der Waals surface area contributed by atoms with Gasteiger partial charge in [-0.1, -0.05) is 28.1 Å². The molecule has 2 aromatic rings. The van der Waals surface area contributed by atoms with Gasteiger partial charge < -0.3 is 10.5 Å². The van der Waals surface area contributed by atoms with E-state index in [0.29, 0.717) is 10.0 Å². The zero-order valence-electron chi connectivity index (χ0n) is 9.79. The van der Waals surface area contributed by atoms with Gasteiger partial charge in [0, 0.05) is 16.1 Å². The van der Waals surface area contributed by atoms with Gasteiger partial charge in [-0.2, -0.15) is 0 Å². The molecule has 0 bridgehead atoms. The van der Waals surface area contributed by atoms with Crippen LogP contribution in [0, 0.1) is 11.6 Å². The van der Waals surface area contributed by atoms with Crippen LogP contribution in [0.4, 0.5) is 8.78 Å². The molecule has 0 aliphatic heterocycles. The first-order valence-electron chi connectivity index (χ1n) is 5.30. The summed E-state index contributed by atoms with van der Waals surface area (Å²) in [5, 5.41) is 0. The summed E-state index contributed by atoms with van der Waals surface area (Å²) in [5.74, 6) is -1.04. The van der Waals surface area contributed by atoms with Gasteiger partial charge in [0.05, 0.1) is 4.47 Å². The van der Waals surface area contributed by atoms with Crippen molar-refractivity contribution in [1.29, 1.82) is 0 Å². The van der Waals surface area contributed by atoms with Gasteiger partial charge in [0.15, 0.2) is 11.6 Å².